The molecular formula is C14H19N3O3. The number of benzene rings is 1. The van der Waals surface area contributed by atoms with Crippen molar-refractivity contribution >= 4 is 0 Å². The smallest absolute Gasteiger partial charge is 0.243 e. The average Bonchev–Trinajstić information content (AvgIpc) is 2.91. The van der Waals surface area contributed by atoms with E-state index < -0.39 is 0 Å². The number of phenolic OH excluding ortho intramolecular Hbond substituents is 1. The van der Waals surface area contributed by atoms with Gasteiger partial charge in [0.2, 0.25) is 5.89 Å². The molecule has 0 radical (unpaired) electrons. The third kappa shape index (κ3) is 4.04. The van der Waals surface area contributed by atoms with Crippen LogP contribution in [0.3, 0.4) is 0 Å². The molecule has 1 heterocycles. The van der Waals surface area contributed by atoms with Crippen molar-refractivity contribution in [2.75, 3.05) is 13.7 Å². The van der Waals surface area contributed by atoms with Crippen LogP contribution in [-0.4, -0.2) is 29.0 Å². The molecule has 0 spiro atoms. The standard InChI is InChI=1S/C14H19N3O3/c1-19-8-2-3-13-16-14(20-17-13)12(15)9-10-4-6-11(18)7-5-10/h4-7,12,18H,2-3,8-9,15H2,1H3. The van der Waals surface area contributed by atoms with Gasteiger partial charge in [-0.25, -0.2) is 0 Å². The monoisotopic (exact) mass is 277 g/mol. The fourth-order valence-corrected chi connectivity index (χ4v) is 1.87. The maximum atomic E-state index is 9.23. The third-order valence-corrected chi connectivity index (χ3v) is 2.94. The number of aromatic hydroxyl groups is 1. The van der Waals surface area contributed by atoms with Crippen molar-refractivity contribution < 1.29 is 14.4 Å². The van der Waals surface area contributed by atoms with Gasteiger partial charge in [0, 0.05) is 20.1 Å². The zero-order valence-electron chi connectivity index (χ0n) is 11.5. The first-order chi connectivity index (χ1) is 9.69. The summed E-state index contributed by atoms with van der Waals surface area (Å²) in [5.41, 5.74) is 7.06. The largest absolute Gasteiger partial charge is 0.508 e. The molecule has 1 unspecified atom stereocenters. The molecule has 6 heteroatoms. The van der Waals surface area contributed by atoms with E-state index in [1.54, 1.807) is 19.2 Å². The number of nitrogens with two attached hydrogens (primary N) is 1. The van der Waals surface area contributed by atoms with E-state index in [2.05, 4.69) is 10.1 Å². The number of aromatic nitrogens is 2. The molecule has 3 N–H and O–H groups in total. The quantitative estimate of drug-likeness (QED) is 0.746. The number of hydrogen-bond donors (Lipinski definition) is 2. The Morgan fingerprint density at radius 2 is 2.10 bits per heavy atom. The number of phenols is 1. The molecule has 0 saturated carbocycles. The van der Waals surface area contributed by atoms with Gasteiger partial charge in [-0.3, -0.25) is 0 Å². The SMILES string of the molecule is COCCCc1noc(C(N)Cc2ccc(O)cc2)n1. The lowest BCUT2D eigenvalue weighted by molar-refractivity contribution is 0.194. The summed E-state index contributed by atoms with van der Waals surface area (Å²) < 4.78 is 10.2. The maximum absolute atomic E-state index is 9.23. The van der Waals surface area contributed by atoms with Crippen molar-refractivity contribution in [2.45, 2.75) is 25.3 Å². The zero-order chi connectivity index (χ0) is 14.4. The van der Waals surface area contributed by atoms with Crippen LogP contribution in [0.2, 0.25) is 0 Å². The first-order valence-electron chi connectivity index (χ1n) is 6.54. The van der Waals surface area contributed by atoms with Crippen LogP contribution in [0.4, 0.5) is 0 Å². The Bertz CT molecular complexity index is 525. The summed E-state index contributed by atoms with van der Waals surface area (Å²) in [5, 5.41) is 13.1. The molecule has 0 aliphatic heterocycles. The van der Waals surface area contributed by atoms with Crippen LogP contribution in [0.25, 0.3) is 0 Å². The highest BCUT2D eigenvalue weighted by Gasteiger charge is 2.15. The van der Waals surface area contributed by atoms with Gasteiger partial charge >= 0.3 is 0 Å². The van der Waals surface area contributed by atoms with E-state index in [4.69, 9.17) is 15.0 Å². The van der Waals surface area contributed by atoms with Crippen LogP contribution < -0.4 is 5.73 Å². The highest BCUT2D eigenvalue weighted by Crippen LogP contribution is 2.17. The van der Waals surface area contributed by atoms with Gasteiger partial charge < -0.3 is 20.1 Å². The molecular weight excluding hydrogens is 258 g/mol. The van der Waals surface area contributed by atoms with Gasteiger partial charge in [-0.15, -0.1) is 0 Å². The Morgan fingerprint density at radius 3 is 2.80 bits per heavy atom. The lowest BCUT2D eigenvalue weighted by Gasteiger charge is -2.06. The van der Waals surface area contributed by atoms with Crippen molar-refractivity contribution in [1.29, 1.82) is 0 Å². The first kappa shape index (κ1) is 14.5. The Labute approximate surface area is 117 Å². The summed E-state index contributed by atoms with van der Waals surface area (Å²) >= 11 is 0. The minimum atomic E-state index is -0.344. The number of aryl methyl sites for hydroxylation is 1. The molecule has 0 aliphatic rings. The summed E-state index contributed by atoms with van der Waals surface area (Å²) in [6, 6.07) is 6.57. The summed E-state index contributed by atoms with van der Waals surface area (Å²) in [7, 11) is 1.66. The first-order valence-corrected chi connectivity index (χ1v) is 6.54. The van der Waals surface area contributed by atoms with E-state index in [0.29, 0.717) is 31.2 Å². The van der Waals surface area contributed by atoms with Gasteiger partial charge in [-0.2, -0.15) is 4.98 Å². The van der Waals surface area contributed by atoms with Crippen LogP contribution in [0, 0.1) is 0 Å². The minimum absolute atomic E-state index is 0.237. The Balaban J connectivity index is 1.91. The van der Waals surface area contributed by atoms with Gasteiger partial charge in [-0.05, 0) is 30.5 Å². The molecule has 108 valence electrons. The van der Waals surface area contributed by atoms with Crippen molar-refractivity contribution in [3.05, 3.63) is 41.5 Å². The predicted octanol–water partition coefficient (Wildman–Crippen LogP) is 1.60. The van der Waals surface area contributed by atoms with Crippen LogP contribution >= 0.6 is 0 Å². The summed E-state index contributed by atoms with van der Waals surface area (Å²) in [6.45, 7) is 0.670. The maximum Gasteiger partial charge on any atom is 0.243 e. The van der Waals surface area contributed by atoms with Gasteiger partial charge in [0.25, 0.3) is 0 Å². The zero-order valence-corrected chi connectivity index (χ0v) is 11.5. The van der Waals surface area contributed by atoms with Gasteiger partial charge in [0.1, 0.15) is 5.75 Å². The average molecular weight is 277 g/mol. The van der Waals surface area contributed by atoms with E-state index in [0.717, 1.165) is 12.0 Å². The van der Waals surface area contributed by atoms with E-state index in [1.165, 1.54) is 0 Å². The van der Waals surface area contributed by atoms with E-state index >= 15 is 0 Å². The molecule has 0 amide bonds. The van der Waals surface area contributed by atoms with Crippen molar-refractivity contribution in [3.8, 4) is 5.75 Å². The second-order valence-corrected chi connectivity index (χ2v) is 4.62. The molecule has 20 heavy (non-hydrogen) atoms. The van der Waals surface area contributed by atoms with Crippen LogP contribution in [-0.2, 0) is 17.6 Å². The Kier molecular flexibility index (Phi) is 5.09. The molecule has 1 atom stereocenters. The molecule has 0 bridgehead atoms. The van der Waals surface area contributed by atoms with Gasteiger partial charge in [0.15, 0.2) is 5.82 Å². The number of methoxy groups -OCH3 is 1. The van der Waals surface area contributed by atoms with Gasteiger partial charge in [-0.1, -0.05) is 17.3 Å². The molecule has 2 rings (SSSR count). The summed E-state index contributed by atoms with van der Waals surface area (Å²) in [5.74, 6) is 1.32. The van der Waals surface area contributed by atoms with Gasteiger partial charge in [0.05, 0.1) is 6.04 Å². The van der Waals surface area contributed by atoms with E-state index in [9.17, 15) is 5.11 Å². The molecule has 0 fully saturated rings. The second-order valence-electron chi connectivity index (χ2n) is 4.62. The Hall–Kier alpha value is -1.92. The Morgan fingerprint density at radius 1 is 1.35 bits per heavy atom. The van der Waals surface area contributed by atoms with Crippen LogP contribution in [0.5, 0.6) is 5.75 Å². The molecule has 0 saturated heterocycles. The molecule has 1 aromatic carbocycles. The fraction of sp³-hybridized carbons (Fsp3) is 0.429. The lowest BCUT2D eigenvalue weighted by atomic mass is 10.1. The lowest BCUT2D eigenvalue weighted by Crippen LogP contribution is -2.13. The van der Waals surface area contributed by atoms with Crippen molar-refractivity contribution in [2.24, 2.45) is 5.73 Å². The van der Waals surface area contributed by atoms with Crippen LogP contribution in [0.1, 0.15) is 29.7 Å². The molecule has 1 aromatic heterocycles. The topological polar surface area (TPSA) is 94.4 Å². The van der Waals surface area contributed by atoms with Crippen molar-refractivity contribution in [3.63, 3.8) is 0 Å². The normalized spacial score (nSPS) is 12.5. The number of rotatable bonds is 7. The summed E-state index contributed by atoms with van der Waals surface area (Å²) in [6.07, 6.45) is 2.14. The predicted molar refractivity (Wildman–Crippen MR) is 73.2 cm³/mol. The van der Waals surface area contributed by atoms with Crippen molar-refractivity contribution in [1.82, 2.24) is 10.1 Å². The molecule has 0 aliphatic carbocycles. The molecule has 2 aromatic rings. The minimum Gasteiger partial charge on any atom is -0.508 e. The fourth-order valence-electron chi connectivity index (χ4n) is 1.87. The molecule has 6 nitrogen and oxygen atoms in total. The van der Waals surface area contributed by atoms with E-state index in [1.807, 2.05) is 12.1 Å². The number of hydrogen-bond acceptors (Lipinski definition) is 6. The van der Waals surface area contributed by atoms with E-state index in [-0.39, 0.29) is 11.8 Å². The number of ether oxygens (including phenoxy) is 1. The third-order valence-electron chi connectivity index (χ3n) is 2.94. The highest BCUT2D eigenvalue weighted by molar-refractivity contribution is 5.26. The van der Waals surface area contributed by atoms with Crippen LogP contribution in [0.15, 0.2) is 28.8 Å². The number of nitrogens with zero attached hydrogens (tertiary/aromatic N) is 2. The highest BCUT2D eigenvalue weighted by atomic mass is 16.5. The second kappa shape index (κ2) is 7.02. The summed E-state index contributed by atoms with van der Waals surface area (Å²) in [4.78, 5) is 4.29.